The Bertz CT molecular complexity index is 647. The summed E-state index contributed by atoms with van der Waals surface area (Å²) in [6.07, 6.45) is -4.54. The van der Waals surface area contributed by atoms with E-state index in [0.29, 0.717) is 19.6 Å². The third-order valence-corrected chi connectivity index (χ3v) is 4.22. The summed E-state index contributed by atoms with van der Waals surface area (Å²) in [5.41, 5.74) is -0.615. The number of rotatable bonds is 6. The van der Waals surface area contributed by atoms with Crippen LogP contribution in [0.1, 0.15) is 31.4 Å². The van der Waals surface area contributed by atoms with Gasteiger partial charge in [-0.2, -0.15) is 13.2 Å². The van der Waals surface area contributed by atoms with Crippen LogP contribution in [0.15, 0.2) is 24.3 Å². The first kappa shape index (κ1) is 20.2. The molecule has 0 unspecified atom stereocenters. The lowest BCUT2D eigenvalue weighted by molar-refractivity contribution is -0.139. The SMILES string of the molecule is CC(C)CNC(=O)C[C@@H]1C(=O)NCCN1Cc1ccccc1C(F)(F)F. The molecule has 5 nitrogen and oxygen atoms in total. The zero-order valence-corrected chi connectivity index (χ0v) is 14.9. The number of hydrogen-bond donors (Lipinski definition) is 2. The molecule has 1 saturated heterocycles. The Labute approximate surface area is 150 Å². The molecule has 2 rings (SSSR count). The van der Waals surface area contributed by atoms with Gasteiger partial charge in [-0.25, -0.2) is 0 Å². The van der Waals surface area contributed by atoms with Crippen LogP contribution in [-0.2, 0) is 22.3 Å². The number of hydrogen-bond acceptors (Lipinski definition) is 3. The van der Waals surface area contributed by atoms with E-state index < -0.39 is 17.8 Å². The zero-order valence-electron chi connectivity index (χ0n) is 14.9. The molecule has 1 aromatic carbocycles. The van der Waals surface area contributed by atoms with Crippen LogP contribution in [0.4, 0.5) is 13.2 Å². The molecule has 0 spiro atoms. The van der Waals surface area contributed by atoms with E-state index in [1.54, 1.807) is 11.0 Å². The van der Waals surface area contributed by atoms with Crippen LogP contribution in [0.25, 0.3) is 0 Å². The number of alkyl halides is 3. The van der Waals surface area contributed by atoms with Gasteiger partial charge in [-0.05, 0) is 17.5 Å². The molecule has 2 amide bonds. The standard InChI is InChI=1S/C18H24F3N3O2/c1-12(2)10-23-16(25)9-15-17(26)22-7-8-24(15)11-13-5-3-4-6-14(13)18(19,20)21/h3-6,12,15H,7-11H2,1-2H3,(H,22,26)(H,23,25)/t15-/m1/s1. The molecule has 1 aliphatic rings. The summed E-state index contributed by atoms with van der Waals surface area (Å²) in [4.78, 5) is 25.9. The van der Waals surface area contributed by atoms with Crippen molar-refractivity contribution in [2.45, 2.75) is 39.0 Å². The van der Waals surface area contributed by atoms with E-state index in [1.165, 1.54) is 12.1 Å². The van der Waals surface area contributed by atoms with Gasteiger partial charge in [-0.3, -0.25) is 14.5 Å². The molecule has 2 N–H and O–H groups in total. The van der Waals surface area contributed by atoms with E-state index in [1.807, 2.05) is 13.8 Å². The lowest BCUT2D eigenvalue weighted by Crippen LogP contribution is -2.56. The maximum absolute atomic E-state index is 13.2. The summed E-state index contributed by atoms with van der Waals surface area (Å²) in [6, 6.07) is 4.54. The van der Waals surface area contributed by atoms with Crippen molar-refractivity contribution in [3.8, 4) is 0 Å². The van der Waals surface area contributed by atoms with Gasteiger partial charge in [-0.15, -0.1) is 0 Å². The van der Waals surface area contributed by atoms with Gasteiger partial charge in [0, 0.05) is 26.2 Å². The molecule has 1 heterocycles. The molecule has 1 atom stereocenters. The van der Waals surface area contributed by atoms with Gasteiger partial charge in [-0.1, -0.05) is 32.0 Å². The maximum Gasteiger partial charge on any atom is 0.416 e. The highest BCUT2D eigenvalue weighted by atomic mass is 19.4. The fraction of sp³-hybridized carbons (Fsp3) is 0.556. The van der Waals surface area contributed by atoms with Crippen molar-refractivity contribution in [2.75, 3.05) is 19.6 Å². The van der Waals surface area contributed by atoms with Crippen molar-refractivity contribution in [3.05, 3.63) is 35.4 Å². The third-order valence-electron chi connectivity index (χ3n) is 4.22. The van der Waals surface area contributed by atoms with Gasteiger partial charge in [0.1, 0.15) is 0 Å². The average Bonchev–Trinajstić information content (AvgIpc) is 2.55. The van der Waals surface area contributed by atoms with Crippen LogP contribution in [0.3, 0.4) is 0 Å². The molecule has 1 fully saturated rings. The summed E-state index contributed by atoms with van der Waals surface area (Å²) in [5, 5.41) is 5.42. The third kappa shape index (κ3) is 5.45. The molecular formula is C18H24F3N3O2. The fourth-order valence-corrected chi connectivity index (χ4v) is 2.89. The fourth-order valence-electron chi connectivity index (χ4n) is 2.89. The number of carbonyl (C=O) groups is 2. The number of carbonyl (C=O) groups excluding carboxylic acids is 2. The van der Waals surface area contributed by atoms with Crippen LogP contribution >= 0.6 is 0 Å². The smallest absolute Gasteiger partial charge is 0.356 e. The van der Waals surface area contributed by atoms with Crippen molar-refractivity contribution in [1.82, 2.24) is 15.5 Å². The number of amides is 2. The van der Waals surface area contributed by atoms with Gasteiger partial charge < -0.3 is 10.6 Å². The second-order valence-corrected chi connectivity index (χ2v) is 6.83. The number of nitrogens with one attached hydrogen (secondary N) is 2. The minimum absolute atomic E-state index is 0.0365. The Morgan fingerprint density at radius 3 is 2.69 bits per heavy atom. The Morgan fingerprint density at radius 1 is 1.35 bits per heavy atom. The van der Waals surface area contributed by atoms with E-state index in [2.05, 4.69) is 10.6 Å². The van der Waals surface area contributed by atoms with E-state index in [-0.39, 0.29) is 36.3 Å². The van der Waals surface area contributed by atoms with E-state index >= 15 is 0 Å². The first-order valence-corrected chi connectivity index (χ1v) is 8.62. The van der Waals surface area contributed by atoms with Crippen LogP contribution in [0, 0.1) is 5.92 Å². The highest BCUT2D eigenvalue weighted by molar-refractivity contribution is 5.88. The molecule has 1 aliphatic heterocycles. The predicted octanol–water partition coefficient (Wildman–Crippen LogP) is 2.17. The van der Waals surface area contributed by atoms with Crippen LogP contribution in [0.5, 0.6) is 0 Å². The molecule has 26 heavy (non-hydrogen) atoms. The van der Waals surface area contributed by atoms with Crippen molar-refractivity contribution in [3.63, 3.8) is 0 Å². The predicted molar refractivity (Wildman–Crippen MR) is 91.1 cm³/mol. The van der Waals surface area contributed by atoms with Gasteiger partial charge in [0.2, 0.25) is 11.8 Å². The second kappa shape index (κ2) is 8.53. The van der Waals surface area contributed by atoms with Gasteiger partial charge in [0.05, 0.1) is 18.0 Å². The molecule has 0 bridgehead atoms. The van der Waals surface area contributed by atoms with Crippen LogP contribution in [-0.4, -0.2) is 42.4 Å². The number of piperazine rings is 1. The molecular weight excluding hydrogens is 347 g/mol. The zero-order chi connectivity index (χ0) is 19.3. The Hall–Kier alpha value is -2.09. The lowest BCUT2D eigenvalue weighted by atomic mass is 10.0. The number of benzene rings is 1. The Morgan fingerprint density at radius 2 is 2.04 bits per heavy atom. The monoisotopic (exact) mass is 371 g/mol. The summed E-state index contributed by atoms with van der Waals surface area (Å²) in [5.74, 6) is -0.343. The minimum atomic E-state index is -4.46. The van der Waals surface area contributed by atoms with E-state index in [4.69, 9.17) is 0 Å². The van der Waals surface area contributed by atoms with E-state index in [9.17, 15) is 22.8 Å². The minimum Gasteiger partial charge on any atom is -0.356 e. The summed E-state index contributed by atoms with van der Waals surface area (Å²) < 4.78 is 39.6. The number of halogens is 3. The Balaban J connectivity index is 2.13. The van der Waals surface area contributed by atoms with Gasteiger partial charge in [0.25, 0.3) is 0 Å². The first-order valence-electron chi connectivity index (χ1n) is 8.62. The molecule has 1 aromatic rings. The molecule has 144 valence electrons. The molecule has 0 aliphatic carbocycles. The quantitative estimate of drug-likeness (QED) is 0.806. The van der Waals surface area contributed by atoms with E-state index in [0.717, 1.165) is 6.07 Å². The van der Waals surface area contributed by atoms with Crippen molar-refractivity contribution >= 4 is 11.8 Å². The first-order chi connectivity index (χ1) is 12.2. The molecule has 0 aromatic heterocycles. The van der Waals surface area contributed by atoms with Crippen LogP contribution in [0.2, 0.25) is 0 Å². The maximum atomic E-state index is 13.2. The molecule has 8 heteroatoms. The Kier molecular flexibility index (Phi) is 6.63. The average molecular weight is 371 g/mol. The normalized spacial score (nSPS) is 18.7. The summed E-state index contributed by atoms with van der Waals surface area (Å²) >= 11 is 0. The summed E-state index contributed by atoms with van der Waals surface area (Å²) in [6.45, 7) is 5.09. The van der Waals surface area contributed by atoms with Crippen molar-refractivity contribution < 1.29 is 22.8 Å². The molecule has 0 saturated carbocycles. The topological polar surface area (TPSA) is 61.4 Å². The number of nitrogens with zero attached hydrogens (tertiary/aromatic N) is 1. The lowest BCUT2D eigenvalue weighted by Gasteiger charge is -2.35. The van der Waals surface area contributed by atoms with Gasteiger partial charge >= 0.3 is 6.18 Å². The van der Waals surface area contributed by atoms with Crippen molar-refractivity contribution in [1.29, 1.82) is 0 Å². The largest absolute Gasteiger partial charge is 0.416 e. The van der Waals surface area contributed by atoms with Crippen molar-refractivity contribution in [2.24, 2.45) is 5.92 Å². The second-order valence-electron chi connectivity index (χ2n) is 6.83. The van der Waals surface area contributed by atoms with Gasteiger partial charge in [0.15, 0.2) is 0 Å². The van der Waals surface area contributed by atoms with Crippen LogP contribution < -0.4 is 10.6 Å². The molecule has 0 radical (unpaired) electrons. The summed E-state index contributed by atoms with van der Waals surface area (Å²) in [7, 11) is 0. The highest BCUT2D eigenvalue weighted by Crippen LogP contribution is 2.32. The highest BCUT2D eigenvalue weighted by Gasteiger charge is 2.36.